The third-order valence-corrected chi connectivity index (χ3v) is 3.58. The van der Waals surface area contributed by atoms with Crippen molar-refractivity contribution < 1.29 is 9.84 Å². The molecule has 1 aromatic carbocycles. The van der Waals surface area contributed by atoms with Crippen molar-refractivity contribution in [2.45, 2.75) is 45.1 Å². The molecular formula is C15H24ClNO2. The fourth-order valence-electron chi connectivity index (χ4n) is 2.30. The predicted molar refractivity (Wildman–Crippen MR) is 80.2 cm³/mol. The van der Waals surface area contributed by atoms with Gasteiger partial charge >= 0.3 is 0 Å². The number of hydrogen-bond acceptors (Lipinski definition) is 3. The summed E-state index contributed by atoms with van der Waals surface area (Å²) in [5, 5.41) is 10.4. The van der Waals surface area contributed by atoms with Crippen LogP contribution in [0.3, 0.4) is 0 Å². The first-order chi connectivity index (χ1) is 8.90. The van der Waals surface area contributed by atoms with Crippen LogP contribution < -0.4 is 10.5 Å². The second kappa shape index (κ2) is 7.13. The highest BCUT2D eigenvalue weighted by atomic mass is 35.5. The molecule has 1 aromatic rings. The summed E-state index contributed by atoms with van der Waals surface area (Å²) in [4.78, 5) is 0. The van der Waals surface area contributed by atoms with Gasteiger partial charge < -0.3 is 15.6 Å². The van der Waals surface area contributed by atoms with Crippen molar-refractivity contribution in [2.24, 2.45) is 5.73 Å². The third-order valence-electron chi connectivity index (χ3n) is 3.37. The van der Waals surface area contributed by atoms with E-state index in [1.807, 2.05) is 12.1 Å². The van der Waals surface area contributed by atoms with Crippen molar-refractivity contribution >= 4 is 11.6 Å². The van der Waals surface area contributed by atoms with E-state index < -0.39 is 6.10 Å². The van der Waals surface area contributed by atoms with Gasteiger partial charge in [0.25, 0.3) is 0 Å². The maximum Gasteiger partial charge on any atom is 0.125 e. The minimum atomic E-state index is -0.499. The number of methoxy groups -OCH3 is 1. The molecule has 0 aliphatic heterocycles. The van der Waals surface area contributed by atoms with Crippen LogP contribution in [0.4, 0.5) is 0 Å². The van der Waals surface area contributed by atoms with Gasteiger partial charge in [0.15, 0.2) is 0 Å². The fourth-order valence-corrected chi connectivity index (χ4v) is 2.53. The number of aliphatic hydroxyl groups is 1. The van der Waals surface area contributed by atoms with E-state index >= 15 is 0 Å². The summed E-state index contributed by atoms with van der Waals surface area (Å²) < 4.78 is 5.56. The summed E-state index contributed by atoms with van der Waals surface area (Å²) in [6.45, 7) is 6.54. The van der Waals surface area contributed by atoms with Crippen LogP contribution in [-0.2, 0) is 0 Å². The highest BCUT2D eigenvalue weighted by molar-refractivity contribution is 6.30. The summed E-state index contributed by atoms with van der Waals surface area (Å²) in [5.41, 5.74) is 7.60. The van der Waals surface area contributed by atoms with Gasteiger partial charge in [-0.1, -0.05) is 32.4 Å². The molecular weight excluding hydrogens is 262 g/mol. The molecule has 3 N–H and O–H groups in total. The molecule has 2 unspecified atom stereocenters. The maximum atomic E-state index is 9.70. The fraction of sp³-hybridized carbons (Fsp3) is 0.600. The molecule has 4 heteroatoms. The van der Waals surface area contributed by atoms with Crippen LogP contribution in [0.2, 0.25) is 5.02 Å². The van der Waals surface area contributed by atoms with E-state index in [9.17, 15) is 5.11 Å². The molecule has 0 heterocycles. The normalized spacial score (nSPS) is 14.5. The quantitative estimate of drug-likeness (QED) is 0.843. The topological polar surface area (TPSA) is 55.5 Å². The molecule has 0 saturated heterocycles. The second-order valence-electron chi connectivity index (χ2n) is 5.30. The molecule has 0 amide bonds. The average molecular weight is 286 g/mol. The molecule has 0 aliphatic carbocycles. The number of halogens is 1. The highest BCUT2D eigenvalue weighted by Crippen LogP contribution is 2.38. The van der Waals surface area contributed by atoms with Crippen molar-refractivity contribution in [3.05, 3.63) is 28.3 Å². The van der Waals surface area contributed by atoms with Gasteiger partial charge in [-0.3, -0.25) is 0 Å². The van der Waals surface area contributed by atoms with E-state index in [0.29, 0.717) is 17.4 Å². The average Bonchev–Trinajstić information content (AvgIpc) is 2.37. The van der Waals surface area contributed by atoms with Crippen molar-refractivity contribution in [3.8, 4) is 5.75 Å². The Morgan fingerprint density at radius 1 is 1.26 bits per heavy atom. The summed E-state index contributed by atoms with van der Waals surface area (Å²) in [5.74, 6) is 1.35. The number of aliphatic hydroxyl groups excluding tert-OH is 1. The predicted octanol–water partition coefficient (Wildman–Crippen LogP) is 3.29. The zero-order valence-electron chi connectivity index (χ0n) is 12.1. The summed E-state index contributed by atoms with van der Waals surface area (Å²) in [6.07, 6.45) is 0.103. The molecule has 0 aliphatic rings. The van der Waals surface area contributed by atoms with Crippen LogP contribution in [-0.4, -0.2) is 24.9 Å². The molecule has 108 valence electrons. The number of ether oxygens (including phenoxy) is 1. The molecule has 0 radical (unpaired) electrons. The largest absolute Gasteiger partial charge is 0.496 e. The molecule has 19 heavy (non-hydrogen) atoms. The Balaban J connectivity index is 3.18. The molecule has 1 rings (SSSR count). The Bertz CT molecular complexity index is 421. The molecule has 0 fully saturated rings. The number of rotatable bonds is 6. The van der Waals surface area contributed by atoms with Crippen molar-refractivity contribution in [1.82, 2.24) is 0 Å². The van der Waals surface area contributed by atoms with Crippen LogP contribution in [0, 0.1) is 0 Å². The molecule has 2 atom stereocenters. The van der Waals surface area contributed by atoms with E-state index in [1.165, 1.54) is 0 Å². The van der Waals surface area contributed by atoms with E-state index in [0.717, 1.165) is 16.9 Å². The van der Waals surface area contributed by atoms with E-state index in [4.69, 9.17) is 22.1 Å². The van der Waals surface area contributed by atoms with Gasteiger partial charge in [0.2, 0.25) is 0 Å². The highest BCUT2D eigenvalue weighted by Gasteiger charge is 2.20. The smallest absolute Gasteiger partial charge is 0.125 e. The Morgan fingerprint density at radius 3 is 2.32 bits per heavy atom. The number of nitrogens with two attached hydrogens (primary N) is 1. The van der Waals surface area contributed by atoms with Crippen molar-refractivity contribution in [3.63, 3.8) is 0 Å². The lowest BCUT2D eigenvalue weighted by Crippen LogP contribution is -2.21. The lowest BCUT2D eigenvalue weighted by molar-refractivity contribution is 0.164. The Labute approximate surface area is 120 Å². The minimum absolute atomic E-state index is 0.143. The van der Waals surface area contributed by atoms with Crippen LogP contribution >= 0.6 is 11.6 Å². The van der Waals surface area contributed by atoms with Crippen molar-refractivity contribution in [2.75, 3.05) is 13.7 Å². The monoisotopic (exact) mass is 285 g/mol. The van der Waals surface area contributed by atoms with E-state index in [-0.39, 0.29) is 12.5 Å². The van der Waals surface area contributed by atoms with Gasteiger partial charge in [-0.05, 0) is 41.5 Å². The van der Waals surface area contributed by atoms with Gasteiger partial charge in [-0.25, -0.2) is 0 Å². The summed E-state index contributed by atoms with van der Waals surface area (Å²) in [7, 11) is 1.67. The molecule has 0 spiro atoms. The summed E-state index contributed by atoms with van der Waals surface area (Å²) >= 11 is 6.19. The first kappa shape index (κ1) is 16.3. The molecule has 3 nitrogen and oxygen atoms in total. The Hall–Kier alpha value is -0.770. The Kier molecular flexibility index (Phi) is 6.11. The van der Waals surface area contributed by atoms with Crippen LogP contribution in [0.25, 0.3) is 0 Å². The zero-order valence-corrected chi connectivity index (χ0v) is 12.9. The Morgan fingerprint density at radius 2 is 1.84 bits per heavy atom. The van der Waals surface area contributed by atoms with Crippen LogP contribution in [0.15, 0.2) is 12.1 Å². The zero-order chi connectivity index (χ0) is 14.6. The maximum absolute atomic E-state index is 9.70. The molecule has 0 saturated carbocycles. The lowest BCUT2D eigenvalue weighted by atomic mass is 9.90. The summed E-state index contributed by atoms with van der Waals surface area (Å²) in [6, 6.07) is 3.86. The van der Waals surface area contributed by atoms with E-state index in [2.05, 4.69) is 20.8 Å². The van der Waals surface area contributed by atoms with Gasteiger partial charge in [0.05, 0.1) is 13.2 Å². The van der Waals surface area contributed by atoms with Gasteiger partial charge in [0, 0.05) is 11.6 Å². The van der Waals surface area contributed by atoms with Crippen LogP contribution in [0.5, 0.6) is 5.75 Å². The van der Waals surface area contributed by atoms with Crippen LogP contribution in [0.1, 0.15) is 50.2 Å². The number of benzene rings is 1. The lowest BCUT2D eigenvalue weighted by Gasteiger charge is -2.22. The van der Waals surface area contributed by atoms with Crippen molar-refractivity contribution in [1.29, 1.82) is 0 Å². The number of hydrogen-bond donors (Lipinski definition) is 2. The minimum Gasteiger partial charge on any atom is -0.496 e. The third kappa shape index (κ3) is 4.10. The molecule has 0 aromatic heterocycles. The SMILES string of the molecule is COc1c(C(C)C)cc(Cl)cc1C(C)CC(O)CN. The van der Waals surface area contributed by atoms with Gasteiger partial charge in [-0.15, -0.1) is 0 Å². The second-order valence-corrected chi connectivity index (χ2v) is 5.73. The van der Waals surface area contributed by atoms with E-state index in [1.54, 1.807) is 7.11 Å². The van der Waals surface area contributed by atoms with Gasteiger partial charge in [-0.2, -0.15) is 0 Å². The first-order valence-corrected chi connectivity index (χ1v) is 7.03. The molecule has 0 bridgehead atoms. The van der Waals surface area contributed by atoms with Gasteiger partial charge in [0.1, 0.15) is 5.75 Å². The standard InChI is InChI=1S/C15H24ClNO2/c1-9(2)13-6-11(16)7-14(15(13)19-4)10(3)5-12(18)8-17/h6-7,9-10,12,18H,5,8,17H2,1-4H3. The first-order valence-electron chi connectivity index (χ1n) is 6.66.